The van der Waals surface area contributed by atoms with E-state index in [-0.39, 0.29) is 6.04 Å². The van der Waals surface area contributed by atoms with E-state index in [1.165, 1.54) is 11.1 Å². The third-order valence-electron chi connectivity index (χ3n) is 4.57. The number of likely N-dealkylation sites (tertiary alicyclic amines) is 1. The number of benzene rings is 2. The van der Waals surface area contributed by atoms with Crippen molar-refractivity contribution in [1.29, 1.82) is 5.26 Å². The van der Waals surface area contributed by atoms with E-state index in [1.807, 2.05) is 29.3 Å². The van der Waals surface area contributed by atoms with Gasteiger partial charge in [0.15, 0.2) is 6.19 Å². The van der Waals surface area contributed by atoms with Crippen molar-refractivity contribution < 1.29 is 0 Å². The Hall–Kier alpha value is -3.06. The number of aromatic amines is 1. The maximum Gasteiger partial charge on any atom is 0.180 e. The number of rotatable bonds is 3. The van der Waals surface area contributed by atoms with Gasteiger partial charge in [-0.15, -0.1) is 0 Å². The molecule has 1 aromatic heterocycles. The van der Waals surface area contributed by atoms with Gasteiger partial charge in [0.05, 0.1) is 17.9 Å². The molecule has 4 rings (SSSR count). The average Bonchev–Trinajstić information content (AvgIpc) is 3.31. The van der Waals surface area contributed by atoms with Crippen molar-refractivity contribution in [3.8, 4) is 28.6 Å². The molecule has 0 spiro atoms. The summed E-state index contributed by atoms with van der Waals surface area (Å²) in [6.07, 6.45) is 6.15. The highest BCUT2D eigenvalue weighted by molar-refractivity contribution is 5.71. The van der Waals surface area contributed by atoms with Crippen molar-refractivity contribution in [3.05, 3.63) is 66.6 Å². The highest BCUT2D eigenvalue weighted by Crippen LogP contribution is 2.31. The Morgan fingerprint density at radius 3 is 2.67 bits per heavy atom. The first-order valence-corrected chi connectivity index (χ1v) is 8.22. The van der Waals surface area contributed by atoms with Crippen LogP contribution in [0.2, 0.25) is 0 Å². The lowest BCUT2D eigenvalue weighted by atomic mass is 10.0. The van der Waals surface area contributed by atoms with Crippen molar-refractivity contribution >= 4 is 0 Å². The molecule has 0 aliphatic carbocycles. The normalized spacial score (nSPS) is 17.0. The minimum absolute atomic E-state index is 0.0843. The van der Waals surface area contributed by atoms with Crippen LogP contribution in [-0.2, 0) is 0 Å². The van der Waals surface area contributed by atoms with Crippen LogP contribution >= 0.6 is 0 Å². The molecular weight excluding hydrogens is 296 g/mol. The molecule has 0 radical (unpaired) electrons. The molecule has 1 N–H and O–H groups in total. The molecule has 4 heteroatoms. The molecular formula is C20H18N4. The summed E-state index contributed by atoms with van der Waals surface area (Å²) in [7, 11) is 0. The van der Waals surface area contributed by atoms with Gasteiger partial charge in [-0.25, -0.2) is 4.98 Å². The number of imidazole rings is 1. The van der Waals surface area contributed by atoms with Gasteiger partial charge in [-0.3, -0.25) is 0 Å². The summed E-state index contributed by atoms with van der Waals surface area (Å²) in [4.78, 5) is 9.75. The smallest absolute Gasteiger partial charge is 0.180 e. The zero-order chi connectivity index (χ0) is 16.4. The molecule has 1 fully saturated rings. The Morgan fingerprint density at radius 2 is 1.83 bits per heavy atom. The van der Waals surface area contributed by atoms with E-state index in [0.717, 1.165) is 36.5 Å². The van der Waals surface area contributed by atoms with E-state index in [1.54, 1.807) is 0 Å². The second-order valence-electron chi connectivity index (χ2n) is 6.08. The van der Waals surface area contributed by atoms with Gasteiger partial charge in [0.1, 0.15) is 5.82 Å². The molecule has 118 valence electrons. The number of nitriles is 1. The van der Waals surface area contributed by atoms with E-state index in [9.17, 15) is 5.26 Å². The largest absolute Gasteiger partial charge is 0.340 e. The Kier molecular flexibility index (Phi) is 3.76. The minimum atomic E-state index is 0.0843. The number of aromatic nitrogens is 2. The van der Waals surface area contributed by atoms with Gasteiger partial charge < -0.3 is 9.88 Å². The Morgan fingerprint density at radius 1 is 1.04 bits per heavy atom. The highest BCUT2D eigenvalue weighted by atomic mass is 15.2. The van der Waals surface area contributed by atoms with E-state index in [2.05, 4.69) is 52.6 Å². The van der Waals surface area contributed by atoms with Crippen LogP contribution in [0.15, 0.2) is 60.8 Å². The predicted molar refractivity (Wildman–Crippen MR) is 93.8 cm³/mol. The Balaban J connectivity index is 1.65. The first-order valence-electron chi connectivity index (χ1n) is 8.22. The molecule has 2 aromatic carbocycles. The Bertz CT molecular complexity index is 876. The number of hydrogen-bond acceptors (Lipinski definition) is 3. The zero-order valence-corrected chi connectivity index (χ0v) is 13.3. The van der Waals surface area contributed by atoms with Crippen molar-refractivity contribution in [1.82, 2.24) is 14.9 Å². The van der Waals surface area contributed by atoms with Gasteiger partial charge in [-0.1, -0.05) is 48.5 Å². The molecule has 0 amide bonds. The first-order chi connectivity index (χ1) is 11.8. The zero-order valence-electron chi connectivity index (χ0n) is 13.3. The summed E-state index contributed by atoms with van der Waals surface area (Å²) in [5, 5.41) is 9.22. The number of nitrogens with one attached hydrogen (secondary N) is 1. The molecule has 24 heavy (non-hydrogen) atoms. The van der Waals surface area contributed by atoms with Crippen LogP contribution in [0, 0.1) is 11.5 Å². The minimum Gasteiger partial charge on any atom is -0.340 e. The fourth-order valence-corrected chi connectivity index (χ4v) is 3.32. The van der Waals surface area contributed by atoms with Crippen molar-refractivity contribution in [2.75, 3.05) is 6.54 Å². The van der Waals surface area contributed by atoms with Gasteiger partial charge in [0.25, 0.3) is 0 Å². The lowest BCUT2D eigenvalue weighted by Crippen LogP contribution is -2.17. The van der Waals surface area contributed by atoms with Crippen molar-refractivity contribution in [3.63, 3.8) is 0 Å². The molecule has 0 bridgehead atoms. The Labute approximate surface area is 141 Å². The fourth-order valence-electron chi connectivity index (χ4n) is 3.32. The van der Waals surface area contributed by atoms with Crippen LogP contribution in [0.5, 0.6) is 0 Å². The van der Waals surface area contributed by atoms with Crippen molar-refractivity contribution in [2.24, 2.45) is 0 Å². The quantitative estimate of drug-likeness (QED) is 0.731. The van der Waals surface area contributed by atoms with Crippen LogP contribution in [0.25, 0.3) is 22.4 Å². The summed E-state index contributed by atoms with van der Waals surface area (Å²) in [5.74, 6) is 0.883. The van der Waals surface area contributed by atoms with Crippen LogP contribution in [-0.4, -0.2) is 21.4 Å². The lowest BCUT2D eigenvalue weighted by molar-refractivity contribution is 0.361. The summed E-state index contributed by atoms with van der Waals surface area (Å²) in [6, 6.07) is 18.9. The highest BCUT2D eigenvalue weighted by Gasteiger charge is 2.27. The molecule has 0 saturated carbocycles. The van der Waals surface area contributed by atoms with Crippen LogP contribution in [0.3, 0.4) is 0 Å². The number of nitrogens with zero attached hydrogens (tertiary/aromatic N) is 3. The monoisotopic (exact) mass is 314 g/mol. The van der Waals surface area contributed by atoms with Crippen LogP contribution < -0.4 is 0 Å². The van der Waals surface area contributed by atoms with E-state index >= 15 is 0 Å². The van der Waals surface area contributed by atoms with Gasteiger partial charge in [0, 0.05) is 12.1 Å². The summed E-state index contributed by atoms with van der Waals surface area (Å²) >= 11 is 0. The van der Waals surface area contributed by atoms with Gasteiger partial charge in [-0.2, -0.15) is 5.26 Å². The molecule has 3 aromatic rings. The van der Waals surface area contributed by atoms with E-state index in [4.69, 9.17) is 0 Å². The summed E-state index contributed by atoms with van der Waals surface area (Å²) < 4.78 is 0. The molecule has 1 unspecified atom stereocenters. The van der Waals surface area contributed by atoms with Crippen LogP contribution in [0.4, 0.5) is 0 Å². The van der Waals surface area contributed by atoms with Crippen LogP contribution in [0.1, 0.15) is 24.7 Å². The third-order valence-corrected chi connectivity index (χ3v) is 4.57. The second kappa shape index (κ2) is 6.21. The van der Waals surface area contributed by atoms with E-state index < -0.39 is 0 Å². The van der Waals surface area contributed by atoms with Gasteiger partial charge in [-0.05, 0) is 30.0 Å². The summed E-state index contributed by atoms with van der Waals surface area (Å²) in [6.45, 7) is 0.820. The standard InChI is InChI=1S/C20H18N4/c21-14-24-11-5-10-19(24)20-22-13-18(23-20)17-9-4-8-16(12-17)15-6-2-1-3-7-15/h1-4,6-9,12-13,19H,5,10-11H2,(H,22,23). The summed E-state index contributed by atoms with van der Waals surface area (Å²) in [5.41, 5.74) is 4.48. The maximum atomic E-state index is 9.22. The molecule has 1 aliphatic heterocycles. The average molecular weight is 314 g/mol. The molecule has 1 saturated heterocycles. The van der Waals surface area contributed by atoms with E-state index in [0.29, 0.717) is 0 Å². The van der Waals surface area contributed by atoms with Gasteiger partial charge in [0.2, 0.25) is 0 Å². The molecule has 4 nitrogen and oxygen atoms in total. The fraction of sp³-hybridized carbons (Fsp3) is 0.200. The van der Waals surface area contributed by atoms with Gasteiger partial charge >= 0.3 is 0 Å². The molecule has 2 heterocycles. The number of hydrogen-bond donors (Lipinski definition) is 1. The third kappa shape index (κ3) is 2.65. The first kappa shape index (κ1) is 14.5. The maximum absolute atomic E-state index is 9.22. The molecule has 1 aliphatic rings. The predicted octanol–water partition coefficient (Wildman–Crippen LogP) is 4.36. The second-order valence-corrected chi connectivity index (χ2v) is 6.08. The van der Waals surface area contributed by atoms with Crippen molar-refractivity contribution in [2.45, 2.75) is 18.9 Å². The topological polar surface area (TPSA) is 55.7 Å². The SMILES string of the molecule is N#CN1CCCC1c1ncc(-c2cccc(-c3ccccc3)c2)[nH]1. The number of H-pyrrole nitrogens is 1. The molecule has 1 atom stereocenters. The lowest BCUT2D eigenvalue weighted by Gasteiger charge is -2.15.